The average molecular weight is 259 g/mol. The molecular formula is C8H4BrFN2S. The van der Waals surface area contributed by atoms with Crippen LogP contribution >= 0.6 is 27.5 Å². The van der Waals surface area contributed by atoms with Crippen LogP contribution < -0.4 is 0 Å². The van der Waals surface area contributed by atoms with Gasteiger partial charge in [0, 0.05) is 5.56 Å². The van der Waals surface area contributed by atoms with Gasteiger partial charge in [0.1, 0.15) is 10.8 Å². The predicted octanol–water partition coefficient (Wildman–Crippen LogP) is 3.11. The summed E-state index contributed by atoms with van der Waals surface area (Å²) in [6, 6.07) is 6.29. The van der Waals surface area contributed by atoms with Crippen LogP contribution in [0.1, 0.15) is 0 Å². The topological polar surface area (TPSA) is 25.8 Å². The Morgan fingerprint density at radius 2 is 2.23 bits per heavy atom. The van der Waals surface area contributed by atoms with Crippen molar-refractivity contribution in [3.05, 3.63) is 34.8 Å². The smallest absolute Gasteiger partial charge is 0.209 e. The van der Waals surface area contributed by atoms with Gasteiger partial charge in [-0.25, -0.2) is 9.37 Å². The van der Waals surface area contributed by atoms with Crippen molar-refractivity contribution in [2.24, 2.45) is 0 Å². The van der Waals surface area contributed by atoms with E-state index in [2.05, 4.69) is 25.3 Å². The van der Waals surface area contributed by atoms with E-state index in [1.807, 2.05) is 0 Å². The van der Waals surface area contributed by atoms with Crippen LogP contribution in [0.2, 0.25) is 0 Å². The third kappa shape index (κ3) is 1.92. The van der Waals surface area contributed by atoms with Crippen molar-refractivity contribution >= 4 is 27.5 Å². The fraction of sp³-hybridized carbons (Fsp3) is 0. The van der Waals surface area contributed by atoms with Crippen LogP contribution in [0.4, 0.5) is 4.39 Å². The lowest BCUT2D eigenvalue weighted by Gasteiger charge is -1.93. The van der Waals surface area contributed by atoms with Crippen molar-refractivity contribution in [3.8, 4) is 10.6 Å². The lowest BCUT2D eigenvalue weighted by atomic mass is 10.2. The molecule has 5 heteroatoms. The maximum atomic E-state index is 12.8. The molecule has 0 saturated carbocycles. The van der Waals surface area contributed by atoms with Gasteiger partial charge in [0.05, 0.1) is 0 Å². The first-order chi connectivity index (χ1) is 6.25. The molecule has 0 aliphatic carbocycles. The van der Waals surface area contributed by atoms with Crippen molar-refractivity contribution < 1.29 is 4.39 Å². The van der Waals surface area contributed by atoms with Crippen LogP contribution in [0, 0.1) is 5.82 Å². The van der Waals surface area contributed by atoms with Gasteiger partial charge in [-0.3, -0.25) is 0 Å². The fourth-order valence-electron chi connectivity index (χ4n) is 0.944. The molecule has 0 fully saturated rings. The van der Waals surface area contributed by atoms with E-state index in [0.29, 0.717) is 9.74 Å². The third-order valence-electron chi connectivity index (χ3n) is 1.47. The van der Waals surface area contributed by atoms with Gasteiger partial charge in [-0.1, -0.05) is 12.1 Å². The molecule has 0 saturated heterocycles. The largest absolute Gasteiger partial charge is 0.209 e. The quantitative estimate of drug-likeness (QED) is 0.786. The van der Waals surface area contributed by atoms with E-state index in [0.717, 1.165) is 5.56 Å². The van der Waals surface area contributed by atoms with E-state index in [4.69, 9.17) is 0 Å². The highest BCUT2D eigenvalue weighted by Gasteiger charge is 2.04. The molecule has 66 valence electrons. The zero-order chi connectivity index (χ0) is 9.26. The SMILES string of the molecule is Fc1cccc(-c2nc(Br)ns2)c1. The van der Waals surface area contributed by atoms with E-state index in [9.17, 15) is 4.39 Å². The van der Waals surface area contributed by atoms with Crippen LogP contribution in [-0.4, -0.2) is 9.36 Å². The van der Waals surface area contributed by atoms with Gasteiger partial charge in [0.2, 0.25) is 4.73 Å². The van der Waals surface area contributed by atoms with E-state index >= 15 is 0 Å². The Morgan fingerprint density at radius 3 is 2.85 bits per heavy atom. The highest BCUT2D eigenvalue weighted by atomic mass is 79.9. The lowest BCUT2D eigenvalue weighted by molar-refractivity contribution is 0.628. The van der Waals surface area contributed by atoms with E-state index in [1.54, 1.807) is 12.1 Å². The summed E-state index contributed by atoms with van der Waals surface area (Å²) in [4.78, 5) is 4.08. The maximum absolute atomic E-state index is 12.8. The molecule has 0 N–H and O–H groups in total. The minimum absolute atomic E-state index is 0.260. The number of aromatic nitrogens is 2. The molecule has 2 nitrogen and oxygen atoms in total. The molecule has 0 spiro atoms. The molecule has 1 heterocycles. The minimum Gasteiger partial charge on any atom is -0.209 e. The van der Waals surface area contributed by atoms with Crippen LogP contribution in [0.15, 0.2) is 29.0 Å². The Morgan fingerprint density at radius 1 is 1.38 bits per heavy atom. The highest BCUT2D eigenvalue weighted by molar-refractivity contribution is 9.10. The second-order valence-electron chi connectivity index (χ2n) is 2.38. The number of hydrogen-bond donors (Lipinski definition) is 0. The van der Waals surface area contributed by atoms with Crippen LogP contribution in [0.25, 0.3) is 10.6 Å². The van der Waals surface area contributed by atoms with Crippen LogP contribution in [0.3, 0.4) is 0 Å². The molecule has 0 bridgehead atoms. The van der Waals surface area contributed by atoms with Crippen molar-refractivity contribution in [3.63, 3.8) is 0 Å². The van der Waals surface area contributed by atoms with Crippen LogP contribution in [0.5, 0.6) is 0 Å². The second kappa shape index (κ2) is 3.51. The molecule has 0 aliphatic rings. The van der Waals surface area contributed by atoms with Crippen LogP contribution in [-0.2, 0) is 0 Å². The molecule has 0 amide bonds. The Kier molecular flexibility index (Phi) is 2.37. The lowest BCUT2D eigenvalue weighted by Crippen LogP contribution is -1.77. The van der Waals surface area contributed by atoms with Crippen molar-refractivity contribution in [2.75, 3.05) is 0 Å². The van der Waals surface area contributed by atoms with Gasteiger partial charge in [0.25, 0.3) is 0 Å². The van der Waals surface area contributed by atoms with E-state index < -0.39 is 0 Å². The Balaban J connectivity index is 2.46. The average Bonchev–Trinajstić information content (AvgIpc) is 2.52. The van der Waals surface area contributed by atoms with Gasteiger partial charge in [0.15, 0.2) is 0 Å². The monoisotopic (exact) mass is 258 g/mol. The molecule has 0 aliphatic heterocycles. The summed E-state index contributed by atoms with van der Waals surface area (Å²) >= 11 is 4.38. The number of hydrogen-bond acceptors (Lipinski definition) is 3. The zero-order valence-corrected chi connectivity index (χ0v) is 8.77. The number of benzene rings is 1. The highest BCUT2D eigenvalue weighted by Crippen LogP contribution is 2.23. The molecule has 1 aromatic heterocycles. The predicted molar refractivity (Wildman–Crippen MR) is 53.0 cm³/mol. The Hall–Kier alpha value is -0.810. The standard InChI is InChI=1S/C8H4BrFN2S/c9-8-11-7(13-12-8)5-2-1-3-6(10)4-5/h1-4H. The first-order valence-electron chi connectivity index (χ1n) is 3.51. The molecule has 0 atom stereocenters. The maximum Gasteiger partial charge on any atom is 0.209 e. The first-order valence-corrected chi connectivity index (χ1v) is 5.07. The van der Waals surface area contributed by atoms with Gasteiger partial charge in [-0.05, 0) is 39.6 Å². The van der Waals surface area contributed by atoms with Crippen molar-refractivity contribution in [2.45, 2.75) is 0 Å². The molecule has 1 aromatic carbocycles. The fourth-order valence-corrected chi connectivity index (χ4v) is 2.02. The summed E-state index contributed by atoms with van der Waals surface area (Å²) in [6.07, 6.45) is 0. The van der Waals surface area contributed by atoms with Crippen molar-refractivity contribution in [1.29, 1.82) is 0 Å². The van der Waals surface area contributed by atoms with Gasteiger partial charge >= 0.3 is 0 Å². The number of rotatable bonds is 1. The molecule has 2 aromatic rings. The minimum atomic E-state index is -0.260. The molecular weight excluding hydrogens is 255 g/mol. The first kappa shape index (κ1) is 8.77. The van der Waals surface area contributed by atoms with E-state index in [1.165, 1.54) is 23.7 Å². The Labute approximate surface area is 86.7 Å². The second-order valence-corrected chi connectivity index (χ2v) is 3.84. The van der Waals surface area contributed by atoms with Gasteiger partial charge in [-0.15, -0.1) is 0 Å². The van der Waals surface area contributed by atoms with E-state index in [-0.39, 0.29) is 5.82 Å². The summed E-state index contributed by atoms with van der Waals surface area (Å²) in [7, 11) is 0. The van der Waals surface area contributed by atoms with Crippen molar-refractivity contribution in [1.82, 2.24) is 9.36 Å². The summed E-state index contributed by atoms with van der Waals surface area (Å²) in [5.41, 5.74) is 0.753. The molecule has 2 rings (SSSR count). The summed E-state index contributed by atoms with van der Waals surface area (Å²) in [5.74, 6) is -0.260. The summed E-state index contributed by atoms with van der Waals surface area (Å²) in [5, 5.41) is 0.714. The number of nitrogens with zero attached hydrogens (tertiary/aromatic N) is 2. The Bertz CT molecular complexity index is 430. The molecule has 0 unspecified atom stereocenters. The van der Waals surface area contributed by atoms with Gasteiger partial charge < -0.3 is 0 Å². The number of halogens is 2. The zero-order valence-electron chi connectivity index (χ0n) is 6.37. The molecule has 13 heavy (non-hydrogen) atoms. The van der Waals surface area contributed by atoms with Gasteiger partial charge in [-0.2, -0.15) is 4.37 Å². The molecule has 0 radical (unpaired) electrons. The summed E-state index contributed by atoms with van der Waals surface area (Å²) in [6.45, 7) is 0. The summed E-state index contributed by atoms with van der Waals surface area (Å²) < 4.78 is 17.3. The third-order valence-corrected chi connectivity index (χ3v) is 2.83. The normalized spacial score (nSPS) is 10.3.